The molecule has 0 bridgehead atoms. The summed E-state index contributed by atoms with van der Waals surface area (Å²) in [6, 6.07) is 7.35. The molecule has 4 heteroatoms. The first kappa shape index (κ1) is 12.0. The minimum atomic E-state index is 0.560. The van der Waals surface area contributed by atoms with Gasteiger partial charge in [-0.2, -0.15) is 0 Å². The molecule has 0 aliphatic carbocycles. The van der Waals surface area contributed by atoms with E-state index in [1.54, 1.807) is 6.20 Å². The third-order valence-electron chi connectivity index (χ3n) is 4.80. The summed E-state index contributed by atoms with van der Waals surface area (Å²) in [6.45, 7) is 2.50. The van der Waals surface area contributed by atoms with Crippen molar-refractivity contribution in [1.82, 2.24) is 9.88 Å². The van der Waals surface area contributed by atoms with E-state index >= 15 is 0 Å². The third kappa shape index (κ3) is 1.83. The van der Waals surface area contributed by atoms with Crippen LogP contribution in [-0.2, 0) is 0 Å². The van der Waals surface area contributed by atoms with Crippen molar-refractivity contribution in [2.24, 2.45) is 0 Å². The Morgan fingerprint density at radius 1 is 1.15 bits per heavy atom. The number of nitrogens with one attached hydrogen (secondary N) is 1. The monoisotopic (exact) mass is 268 g/mol. The molecule has 1 aromatic heterocycles. The number of hydrogen-bond donors (Lipinski definition) is 2. The van der Waals surface area contributed by atoms with E-state index in [0.717, 1.165) is 16.5 Å². The van der Waals surface area contributed by atoms with Gasteiger partial charge in [-0.1, -0.05) is 0 Å². The molecular formula is C16H20N4. The summed E-state index contributed by atoms with van der Waals surface area (Å²) in [5.74, 6) is 0. The largest absolute Gasteiger partial charge is 0.398 e. The van der Waals surface area contributed by atoms with Crippen molar-refractivity contribution >= 4 is 22.1 Å². The van der Waals surface area contributed by atoms with E-state index in [1.165, 1.54) is 38.0 Å². The molecule has 2 aliphatic rings. The molecule has 3 heterocycles. The Labute approximate surface area is 119 Å². The first-order chi connectivity index (χ1) is 9.83. The second kappa shape index (κ2) is 4.63. The minimum Gasteiger partial charge on any atom is -0.398 e. The van der Waals surface area contributed by atoms with Gasteiger partial charge < -0.3 is 11.1 Å². The quantitative estimate of drug-likeness (QED) is 0.822. The third-order valence-corrected chi connectivity index (χ3v) is 4.80. The molecule has 2 atom stereocenters. The second-order valence-electron chi connectivity index (χ2n) is 5.91. The first-order valence-corrected chi connectivity index (χ1v) is 7.46. The molecule has 0 radical (unpaired) electrons. The van der Waals surface area contributed by atoms with Crippen LogP contribution in [0.4, 0.5) is 11.4 Å². The van der Waals surface area contributed by atoms with Gasteiger partial charge in [-0.25, -0.2) is 0 Å². The van der Waals surface area contributed by atoms with E-state index in [9.17, 15) is 0 Å². The summed E-state index contributed by atoms with van der Waals surface area (Å²) in [5.41, 5.74) is 8.04. The van der Waals surface area contributed by atoms with Gasteiger partial charge in [-0.05, 0) is 44.0 Å². The highest BCUT2D eigenvalue weighted by Crippen LogP contribution is 2.33. The first-order valence-electron chi connectivity index (χ1n) is 7.46. The smallest absolute Gasteiger partial charge is 0.0439 e. The van der Waals surface area contributed by atoms with Crippen molar-refractivity contribution in [3.63, 3.8) is 0 Å². The Bertz CT molecular complexity index is 639. The maximum atomic E-state index is 6.05. The SMILES string of the molecule is Nc1ccc(NC2CCN3CCCC23)c2cnccc12. The van der Waals surface area contributed by atoms with E-state index in [0.29, 0.717) is 12.1 Å². The van der Waals surface area contributed by atoms with Crippen LogP contribution in [0.5, 0.6) is 0 Å². The lowest BCUT2D eigenvalue weighted by molar-refractivity contribution is 0.318. The van der Waals surface area contributed by atoms with Crippen LogP contribution in [0.15, 0.2) is 30.6 Å². The van der Waals surface area contributed by atoms with Crippen LogP contribution in [0.25, 0.3) is 10.8 Å². The molecule has 2 unspecified atom stereocenters. The highest BCUT2D eigenvalue weighted by molar-refractivity contribution is 6.00. The van der Waals surface area contributed by atoms with Crippen molar-refractivity contribution in [2.75, 3.05) is 24.1 Å². The zero-order chi connectivity index (χ0) is 13.5. The van der Waals surface area contributed by atoms with Crippen LogP contribution in [0.3, 0.4) is 0 Å². The number of hydrogen-bond acceptors (Lipinski definition) is 4. The lowest BCUT2D eigenvalue weighted by atomic mass is 10.0. The van der Waals surface area contributed by atoms with Gasteiger partial charge in [0.1, 0.15) is 0 Å². The zero-order valence-corrected chi connectivity index (χ0v) is 11.5. The predicted molar refractivity (Wildman–Crippen MR) is 82.8 cm³/mol. The number of anilines is 2. The molecule has 4 rings (SSSR count). The van der Waals surface area contributed by atoms with Gasteiger partial charge in [0.2, 0.25) is 0 Å². The van der Waals surface area contributed by atoms with Crippen LogP contribution < -0.4 is 11.1 Å². The molecule has 2 saturated heterocycles. The van der Waals surface area contributed by atoms with Gasteiger partial charge in [0, 0.05) is 53.2 Å². The van der Waals surface area contributed by atoms with Gasteiger partial charge in [-0.15, -0.1) is 0 Å². The molecule has 4 nitrogen and oxygen atoms in total. The van der Waals surface area contributed by atoms with Gasteiger partial charge in [0.25, 0.3) is 0 Å². The maximum Gasteiger partial charge on any atom is 0.0439 e. The highest BCUT2D eigenvalue weighted by atomic mass is 15.2. The fraction of sp³-hybridized carbons (Fsp3) is 0.438. The predicted octanol–water partition coefficient (Wildman–Crippen LogP) is 2.47. The summed E-state index contributed by atoms with van der Waals surface area (Å²) in [4.78, 5) is 6.87. The molecule has 0 spiro atoms. The number of nitrogen functional groups attached to an aromatic ring is 1. The van der Waals surface area contributed by atoms with Crippen LogP contribution >= 0.6 is 0 Å². The fourth-order valence-electron chi connectivity index (χ4n) is 3.79. The number of fused-ring (bicyclic) bond motifs is 2. The molecule has 2 aliphatic heterocycles. The maximum absolute atomic E-state index is 6.05. The molecule has 104 valence electrons. The summed E-state index contributed by atoms with van der Waals surface area (Å²) in [7, 11) is 0. The number of nitrogens with zero attached hydrogens (tertiary/aromatic N) is 2. The average Bonchev–Trinajstić information content (AvgIpc) is 3.07. The van der Waals surface area contributed by atoms with E-state index in [4.69, 9.17) is 5.73 Å². The standard InChI is InChI=1S/C16H20N4/c17-13-3-4-14(12-10-18-7-5-11(12)13)19-15-6-9-20-8-1-2-16(15)20/h3-5,7,10,15-16,19H,1-2,6,8-9,17H2. The average molecular weight is 268 g/mol. The Hall–Kier alpha value is -1.81. The zero-order valence-electron chi connectivity index (χ0n) is 11.5. The molecule has 1 aromatic carbocycles. The molecular weight excluding hydrogens is 248 g/mol. The minimum absolute atomic E-state index is 0.560. The highest BCUT2D eigenvalue weighted by Gasteiger charge is 2.37. The van der Waals surface area contributed by atoms with E-state index in [2.05, 4.69) is 21.3 Å². The lowest BCUT2D eigenvalue weighted by Gasteiger charge is -2.23. The Morgan fingerprint density at radius 2 is 2.10 bits per heavy atom. The Morgan fingerprint density at radius 3 is 3.05 bits per heavy atom. The molecule has 20 heavy (non-hydrogen) atoms. The van der Waals surface area contributed by atoms with Crippen molar-refractivity contribution in [1.29, 1.82) is 0 Å². The van der Waals surface area contributed by atoms with Gasteiger partial charge >= 0.3 is 0 Å². The van der Waals surface area contributed by atoms with Gasteiger partial charge in [-0.3, -0.25) is 9.88 Å². The summed E-state index contributed by atoms with van der Waals surface area (Å²) in [5, 5.41) is 5.96. The molecule has 2 fully saturated rings. The van der Waals surface area contributed by atoms with Crippen molar-refractivity contribution < 1.29 is 0 Å². The van der Waals surface area contributed by atoms with Crippen molar-refractivity contribution in [3.05, 3.63) is 30.6 Å². The molecule has 0 amide bonds. The molecule has 2 aromatic rings. The van der Waals surface area contributed by atoms with Crippen LogP contribution in [0, 0.1) is 0 Å². The van der Waals surface area contributed by atoms with Gasteiger partial charge in [0.05, 0.1) is 0 Å². The number of benzene rings is 1. The second-order valence-corrected chi connectivity index (χ2v) is 5.91. The van der Waals surface area contributed by atoms with E-state index in [-0.39, 0.29) is 0 Å². The van der Waals surface area contributed by atoms with Gasteiger partial charge in [0.15, 0.2) is 0 Å². The Kier molecular flexibility index (Phi) is 2.77. The lowest BCUT2D eigenvalue weighted by Crippen LogP contribution is -2.33. The van der Waals surface area contributed by atoms with Crippen LogP contribution in [-0.4, -0.2) is 35.1 Å². The van der Waals surface area contributed by atoms with Crippen LogP contribution in [0.2, 0.25) is 0 Å². The Balaban J connectivity index is 1.68. The van der Waals surface area contributed by atoms with Crippen molar-refractivity contribution in [2.45, 2.75) is 31.3 Å². The summed E-state index contributed by atoms with van der Waals surface area (Å²) < 4.78 is 0. The van der Waals surface area contributed by atoms with Crippen molar-refractivity contribution in [3.8, 4) is 0 Å². The number of nitrogens with two attached hydrogens (primary N) is 1. The normalized spacial score (nSPS) is 26.0. The molecule has 3 N–H and O–H groups in total. The topological polar surface area (TPSA) is 54.2 Å². The number of pyridine rings is 1. The summed E-state index contributed by atoms with van der Waals surface area (Å²) in [6.07, 6.45) is 7.61. The van der Waals surface area contributed by atoms with E-state index < -0.39 is 0 Å². The number of aromatic nitrogens is 1. The molecule has 0 saturated carbocycles. The summed E-state index contributed by atoms with van der Waals surface area (Å²) >= 11 is 0. The van der Waals surface area contributed by atoms with Crippen LogP contribution in [0.1, 0.15) is 19.3 Å². The fourth-order valence-corrected chi connectivity index (χ4v) is 3.79. The number of rotatable bonds is 2. The van der Waals surface area contributed by atoms with E-state index in [1.807, 2.05) is 18.3 Å².